The zero-order valence-corrected chi connectivity index (χ0v) is 13.9. The second-order valence-electron chi connectivity index (χ2n) is 6.16. The molecule has 1 amide bonds. The third-order valence-electron chi connectivity index (χ3n) is 4.04. The number of nitrogens with two attached hydrogens (primary N) is 1. The molecule has 1 aliphatic heterocycles. The molecule has 2 N–H and O–H groups in total. The monoisotopic (exact) mass is 320 g/mol. The lowest BCUT2D eigenvalue weighted by molar-refractivity contribution is -0.126. The number of nitrogen functional groups attached to an aromatic ring is 1. The summed E-state index contributed by atoms with van der Waals surface area (Å²) < 4.78 is 5.95. The molecular formula is C20H20N2O2. The van der Waals surface area contributed by atoms with Crippen LogP contribution in [0.2, 0.25) is 0 Å². The van der Waals surface area contributed by atoms with Gasteiger partial charge in [0.25, 0.3) is 5.91 Å². The number of hydrogen-bond acceptors (Lipinski definition) is 3. The molecule has 1 unspecified atom stereocenters. The Bertz CT molecular complexity index is 816. The standard InChI is InChI=1S/C20H20N2O2/c1-4-7-22-17-6-5-16(21)12-18(17)24-19(20(22)23)11-15-9-13(2)8-14(3)10-15/h1,5-6,8-10,12,19H,7,11,21H2,2-3H3. The number of rotatable bonds is 3. The van der Waals surface area contributed by atoms with Crippen molar-refractivity contribution in [2.75, 3.05) is 17.2 Å². The summed E-state index contributed by atoms with van der Waals surface area (Å²) in [6.07, 6.45) is 5.33. The average molecular weight is 320 g/mol. The molecule has 3 rings (SSSR count). The van der Waals surface area contributed by atoms with E-state index < -0.39 is 6.10 Å². The average Bonchev–Trinajstić information content (AvgIpc) is 2.50. The molecule has 0 spiro atoms. The smallest absolute Gasteiger partial charge is 0.269 e. The summed E-state index contributed by atoms with van der Waals surface area (Å²) in [7, 11) is 0. The van der Waals surface area contributed by atoms with Crippen molar-refractivity contribution in [2.24, 2.45) is 0 Å². The van der Waals surface area contributed by atoms with Crippen molar-refractivity contribution in [1.29, 1.82) is 0 Å². The highest BCUT2D eigenvalue weighted by atomic mass is 16.5. The summed E-state index contributed by atoms with van der Waals surface area (Å²) in [5.41, 5.74) is 10.5. The Kier molecular flexibility index (Phi) is 4.18. The van der Waals surface area contributed by atoms with Crippen LogP contribution in [0.5, 0.6) is 5.75 Å². The molecular weight excluding hydrogens is 300 g/mol. The largest absolute Gasteiger partial charge is 0.478 e. The molecule has 122 valence electrons. The number of anilines is 2. The van der Waals surface area contributed by atoms with Crippen molar-refractivity contribution < 1.29 is 9.53 Å². The molecule has 2 aromatic rings. The lowest BCUT2D eigenvalue weighted by Gasteiger charge is -2.33. The highest BCUT2D eigenvalue weighted by Crippen LogP contribution is 2.36. The molecule has 0 aliphatic carbocycles. The molecule has 0 bridgehead atoms. The van der Waals surface area contributed by atoms with Gasteiger partial charge in [-0.2, -0.15) is 0 Å². The molecule has 4 heteroatoms. The summed E-state index contributed by atoms with van der Waals surface area (Å²) in [5, 5.41) is 0. The summed E-state index contributed by atoms with van der Waals surface area (Å²) in [6.45, 7) is 4.30. The van der Waals surface area contributed by atoms with Crippen LogP contribution in [0.3, 0.4) is 0 Å². The summed E-state index contributed by atoms with van der Waals surface area (Å²) in [4.78, 5) is 14.4. The van der Waals surface area contributed by atoms with Crippen LogP contribution < -0.4 is 15.4 Å². The number of fused-ring (bicyclic) bond motifs is 1. The number of benzene rings is 2. The van der Waals surface area contributed by atoms with Crippen LogP contribution in [0.15, 0.2) is 36.4 Å². The van der Waals surface area contributed by atoms with Crippen molar-refractivity contribution in [3.63, 3.8) is 0 Å². The van der Waals surface area contributed by atoms with E-state index in [1.807, 2.05) is 13.8 Å². The van der Waals surface area contributed by atoms with Crippen LogP contribution in [0, 0.1) is 26.2 Å². The highest BCUT2D eigenvalue weighted by Gasteiger charge is 2.34. The maximum absolute atomic E-state index is 12.8. The van der Waals surface area contributed by atoms with E-state index in [-0.39, 0.29) is 12.5 Å². The fourth-order valence-corrected chi connectivity index (χ4v) is 3.13. The van der Waals surface area contributed by atoms with Crippen LogP contribution in [0.25, 0.3) is 0 Å². The van der Waals surface area contributed by atoms with Crippen LogP contribution in [0.4, 0.5) is 11.4 Å². The second kappa shape index (κ2) is 6.29. The SMILES string of the molecule is C#CCN1C(=O)C(Cc2cc(C)cc(C)c2)Oc2cc(N)ccc21. The van der Waals surface area contributed by atoms with E-state index in [0.717, 1.165) is 5.56 Å². The first-order valence-corrected chi connectivity index (χ1v) is 7.86. The normalized spacial score (nSPS) is 16.3. The van der Waals surface area contributed by atoms with Gasteiger partial charge >= 0.3 is 0 Å². The van der Waals surface area contributed by atoms with Gasteiger partial charge in [-0.3, -0.25) is 9.69 Å². The van der Waals surface area contributed by atoms with E-state index in [4.69, 9.17) is 16.9 Å². The van der Waals surface area contributed by atoms with Crippen molar-refractivity contribution >= 4 is 17.3 Å². The highest BCUT2D eigenvalue weighted by molar-refractivity contribution is 6.00. The lowest BCUT2D eigenvalue weighted by Crippen LogP contribution is -2.47. The maximum Gasteiger partial charge on any atom is 0.269 e. The molecule has 0 saturated heterocycles. The molecule has 24 heavy (non-hydrogen) atoms. The van der Waals surface area contributed by atoms with Gasteiger partial charge in [-0.15, -0.1) is 6.42 Å². The Balaban J connectivity index is 1.94. The Morgan fingerprint density at radius 3 is 2.58 bits per heavy atom. The first-order chi connectivity index (χ1) is 11.5. The van der Waals surface area contributed by atoms with Gasteiger partial charge in [0.1, 0.15) is 5.75 Å². The van der Waals surface area contributed by atoms with Crippen molar-refractivity contribution in [3.05, 3.63) is 53.1 Å². The number of amides is 1. The van der Waals surface area contributed by atoms with Gasteiger partial charge in [0.15, 0.2) is 6.10 Å². The van der Waals surface area contributed by atoms with E-state index in [9.17, 15) is 4.79 Å². The van der Waals surface area contributed by atoms with E-state index >= 15 is 0 Å². The van der Waals surface area contributed by atoms with Gasteiger partial charge in [0.05, 0.1) is 12.2 Å². The quantitative estimate of drug-likeness (QED) is 0.699. The van der Waals surface area contributed by atoms with Gasteiger partial charge in [0, 0.05) is 18.2 Å². The van der Waals surface area contributed by atoms with E-state index in [1.165, 1.54) is 11.1 Å². The van der Waals surface area contributed by atoms with Gasteiger partial charge in [-0.1, -0.05) is 35.2 Å². The summed E-state index contributed by atoms with van der Waals surface area (Å²) in [6, 6.07) is 11.5. The molecule has 1 atom stereocenters. The minimum atomic E-state index is -0.603. The molecule has 1 heterocycles. The number of carbonyl (C=O) groups is 1. The van der Waals surface area contributed by atoms with Gasteiger partial charge in [-0.25, -0.2) is 0 Å². The molecule has 0 aromatic heterocycles. The third kappa shape index (κ3) is 3.07. The van der Waals surface area contributed by atoms with E-state index in [0.29, 0.717) is 23.5 Å². The van der Waals surface area contributed by atoms with Crippen LogP contribution >= 0.6 is 0 Å². The fraction of sp³-hybridized carbons (Fsp3) is 0.250. The maximum atomic E-state index is 12.8. The minimum Gasteiger partial charge on any atom is -0.478 e. The molecule has 0 radical (unpaired) electrons. The number of hydrogen-bond donors (Lipinski definition) is 1. The number of terminal acetylenes is 1. The zero-order chi connectivity index (χ0) is 17.3. The van der Waals surface area contributed by atoms with Crippen LogP contribution in [-0.4, -0.2) is 18.6 Å². The molecule has 4 nitrogen and oxygen atoms in total. The summed E-state index contributed by atoms with van der Waals surface area (Å²) >= 11 is 0. The Hall–Kier alpha value is -2.93. The minimum absolute atomic E-state index is 0.121. The molecule has 1 aliphatic rings. The zero-order valence-electron chi connectivity index (χ0n) is 13.9. The van der Waals surface area contributed by atoms with Crippen LogP contribution in [-0.2, 0) is 11.2 Å². The molecule has 2 aromatic carbocycles. The Morgan fingerprint density at radius 2 is 1.92 bits per heavy atom. The Labute approximate surface area is 142 Å². The van der Waals surface area contributed by atoms with Crippen molar-refractivity contribution in [2.45, 2.75) is 26.4 Å². The van der Waals surface area contributed by atoms with E-state index in [2.05, 4.69) is 24.1 Å². The topological polar surface area (TPSA) is 55.6 Å². The van der Waals surface area contributed by atoms with Gasteiger partial charge < -0.3 is 10.5 Å². The van der Waals surface area contributed by atoms with Gasteiger partial charge in [0.2, 0.25) is 0 Å². The molecule has 0 saturated carbocycles. The lowest BCUT2D eigenvalue weighted by atomic mass is 10.0. The number of ether oxygens (including phenoxy) is 1. The third-order valence-corrected chi connectivity index (χ3v) is 4.04. The van der Waals surface area contributed by atoms with Gasteiger partial charge in [-0.05, 0) is 31.5 Å². The predicted octanol–water partition coefficient (Wildman–Crippen LogP) is 2.86. The second-order valence-corrected chi connectivity index (χ2v) is 6.16. The fourth-order valence-electron chi connectivity index (χ4n) is 3.13. The summed E-state index contributed by atoms with van der Waals surface area (Å²) in [5.74, 6) is 3.02. The van der Waals surface area contributed by atoms with Crippen LogP contribution in [0.1, 0.15) is 16.7 Å². The van der Waals surface area contributed by atoms with Crippen molar-refractivity contribution in [3.8, 4) is 18.1 Å². The number of nitrogens with zero attached hydrogens (tertiary/aromatic N) is 1. The first-order valence-electron chi connectivity index (χ1n) is 7.86. The van der Waals surface area contributed by atoms with E-state index in [1.54, 1.807) is 23.1 Å². The first kappa shape index (κ1) is 15.9. The predicted molar refractivity (Wildman–Crippen MR) is 96.1 cm³/mol. The number of aryl methyl sites for hydroxylation is 2. The van der Waals surface area contributed by atoms with Crippen molar-refractivity contribution in [1.82, 2.24) is 0 Å². The Morgan fingerprint density at radius 1 is 1.21 bits per heavy atom. The number of carbonyl (C=O) groups excluding carboxylic acids is 1. The molecule has 0 fully saturated rings.